The molecule has 1 saturated carbocycles. The fourth-order valence-corrected chi connectivity index (χ4v) is 1.50. The smallest absolute Gasteiger partial charge is 0.442 e. The van der Waals surface area contributed by atoms with Gasteiger partial charge in [0.25, 0.3) is 6.47 Å². The summed E-state index contributed by atoms with van der Waals surface area (Å²) in [6.07, 6.45) is -5.18. The summed E-state index contributed by atoms with van der Waals surface area (Å²) in [5, 5.41) is 0. The summed E-state index contributed by atoms with van der Waals surface area (Å²) in [6.45, 7) is 3.36. The standard InChI is InChI=1S/C9H10F4O2/c1-8(2)5(7(8)15-4-14)3-6(10)9(11,12)13/h3-5,7H,1-2H3/b6-3-. The van der Waals surface area contributed by atoms with Crippen LogP contribution in [0.4, 0.5) is 17.6 Å². The fourth-order valence-electron chi connectivity index (χ4n) is 1.50. The maximum absolute atomic E-state index is 12.5. The summed E-state index contributed by atoms with van der Waals surface area (Å²) in [5.41, 5.74) is -0.635. The molecule has 0 aliphatic heterocycles. The van der Waals surface area contributed by atoms with Gasteiger partial charge in [-0.1, -0.05) is 13.8 Å². The first-order valence-electron chi connectivity index (χ1n) is 4.25. The largest absolute Gasteiger partial charge is 0.463 e. The second kappa shape index (κ2) is 3.50. The van der Waals surface area contributed by atoms with Gasteiger partial charge in [0.15, 0.2) is 5.83 Å². The van der Waals surface area contributed by atoms with E-state index in [9.17, 15) is 22.4 Å². The van der Waals surface area contributed by atoms with Gasteiger partial charge in [0, 0.05) is 11.3 Å². The Labute approximate surface area is 83.9 Å². The average molecular weight is 226 g/mol. The number of ether oxygens (including phenoxy) is 1. The number of hydrogen-bond acceptors (Lipinski definition) is 2. The highest BCUT2D eigenvalue weighted by molar-refractivity contribution is 5.40. The number of hydrogen-bond donors (Lipinski definition) is 0. The van der Waals surface area contributed by atoms with Gasteiger partial charge in [-0.25, -0.2) is 4.39 Å². The molecule has 1 fully saturated rings. The van der Waals surface area contributed by atoms with E-state index >= 15 is 0 Å². The van der Waals surface area contributed by atoms with Crippen molar-refractivity contribution in [2.24, 2.45) is 11.3 Å². The SMILES string of the molecule is CC1(C)C(/C=C(\F)C(F)(F)F)C1OC=O. The van der Waals surface area contributed by atoms with Crippen LogP contribution in [0.3, 0.4) is 0 Å². The molecular formula is C9H10F4O2. The van der Waals surface area contributed by atoms with Crippen LogP contribution in [0.2, 0.25) is 0 Å². The third-order valence-electron chi connectivity index (χ3n) is 2.61. The first kappa shape index (κ1) is 12.0. The van der Waals surface area contributed by atoms with E-state index in [4.69, 9.17) is 0 Å². The zero-order chi connectivity index (χ0) is 11.9. The van der Waals surface area contributed by atoms with Crippen LogP contribution in [0.15, 0.2) is 11.9 Å². The highest BCUT2D eigenvalue weighted by atomic mass is 19.4. The molecule has 86 valence electrons. The van der Waals surface area contributed by atoms with E-state index < -0.39 is 29.4 Å². The van der Waals surface area contributed by atoms with Crippen molar-refractivity contribution in [2.75, 3.05) is 0 Å². The fraction of sp³-hybridized carbons (Fsp3) is 0.667. The Bertz CT molecular complexity index is 293. The van der Waals surface area contributed by atoms with Crippen LogP contribution in [-0.2, 0) is 9.53 Å². The average Bonchev–Trinajstić information content (AvgIpc) is 2.54. The lowest BCUT2D eigenvalue weighted by molar-refractivity contribution is -0.131. The maximum Gasteiger partial charge on any atom is 0.442 e. The van der Waals surface area contributed by atoms with Crippen LogP contribution in [0, 0.1) is 11.3 Å². The Balaban J connectivity index is 2.73. The van der Waals surface area contributed by atoms with E-state index in [1.54, 1.807) is 13.8 Å². The molecule has 1 aliphatic carbocycles. The quantitative estimate of drug-likeness (QED) is 0.546. The number of rotatable bonds is 3. The molecule has 2 atom stereocenters. The van der Waals surface area contributed by atoms with E-state index in [0.717, 1.165) is 0 Å². The van der Waals surface area contributed by atoms with Gasteiger partial charge in [-0.15, -0.1) is 0 Å². The highest BCUT2D eigenvalue weighted by Crippen LogP contribution is 2.55. The van der Waals surface area contributed by atoms with Crippen molar-refractivity contribution in [3.8, 4) is 0 Å². The Morgan fingerprint density at radius 3 is 2.33 bits per heavy atom. The second-order valence-electron chi connectivity index (χ2n) is 4.01. The minimum Gasteiger partial charge on any atom is -0.463 e. The molecule has 15 heavy (non-hydrogen) atoms. The Kier molecular flexibility index (Phi) is 2.80. The number of allylic oxidation sites excluding steroid dienone is 1. The summed E-state index contributed by atoms with van der Waals surface area (Å²) in [5.74, 6) is -2.86. The van der Waals surface area contributed by atoms with E-state index in [2.05, 4.69) is 4.74 Å². The minimum atomic E-state index is -4.97. The Morgan fingerprint density at radius 1 is 1.40 bits per heavy atom. The van der Waals surface area contributed by atoms with Crippen LogP contribution < -0.4 is 0 Å². The van der Waals surface area contributed by atoms with Gasteiger partial charge in [0.1, 0.15) is 6.10 Å². The zero-order valence-electron chi connectivity index (χ0n) is 8.14. The van der Waals surface area contributed by atoms with Gasteiger partial charge in [0.2, 0.25) is 0 Å². The van der Waals surface area contributed by atoms with Crippen LogP contribution in [0.1, 0.15) is 13.8 Å². The second-order valence-corrected chi connectivity index (χ2v) is 4.01. The van der Waals surface area contributed by atoms with E-state index in [1.165, 1.54) is 0 Å². The topological polar surface area (TPSA) is 26.3 Å². The van der Waals surface area contributed by atoms with Gasteiger partial charge in [-0.2, -0.15) is 13.2 Å². The molecule has 0 heterocycles. The molecule has 0 aromatic carbocycles. The number of carbonyl (C=O) groups excluding carboxylic acids is 1. The summed E-state index contributed by atoms with van der Waals surface area (Å²) >= 11 is 0. The maximum atomic E-state index is 12.5. The molecule has 0 saturated heterocycles. The lowest BCUT2D eigenvalue weighted by Crippen LogP contribution is -2.08. The normalized spacial score (nSPS) is 29.9. The first-order valence-corrected chi connectivity index (χ1v) is 4.25. The van der Waals surface area contributed by atoms with Gasteiger partial charge in [-0.05, 0) is 6.08 Å². The summed E-state index contributed by atoms with van der Waals surface area (Å²) in [6, 6.07) is 0. The van der Waals surface area contributed by atoms with Crippen LogP contribution in [-0.4, -0.2) is 18.8 Å². The molecule has 0 spiro atoms. The molecule has 0 aromatic rings. The van der Waals surface area contributed by atoms with Crippen molar-refractivity contribution in [1.29, 1.82) is 0 Å². The lowest BCUT2D eigenvalue weighted by atomic mass is 10.1. The molecule has 0 N–H and O–H groups in total. The van der Waals surface area contributed by atoms with Crippen molar-refractivity contribution >= 4 is 6.47 Å². The first-order chi connectivity index (χ1) is 6.71. The van der Waals surface area contributed by atoms with Crippen LogP contribution >= 0.6 is 0 Å². The Hall–Kier alpha value is -1.07. The van der Waals surface area contributed by atoms with Crippen LogP contribution in [0.5, 0.6) is 0 Å². The molecule has 0 bridgehead atoms. The molecule has 0 radical (unpaired) electrons. The molecule has 2 nitrogen and oxygen atoms in total. The van der Waals surface area contributed by atoms with Crippen molar-refractivity contribution in [1.82, 2.24) is 0 Å². The third kappa shape index (κ3) is 2.30. The van der Waals surface area contributed by atoms with E-state index in [-0.39, 0.29) is 6.47 Å². The lowest BCUT2D eigenvalue weighted by Gasteiger charge is -2.02. The van der Waals surface area contributed by atoms with Crippen LogP contribution in [0.25, 0.3) is 0 Å². The molecule has 0 amide bonds. The highest BCUT2D eigenvalue weighted by Gasteiger charge is 2.60. The molecule has 0 aromatic heterocycles. The van der Waals surface area contributed by atoms with Crippen molar-refractivity contribution in [3.05, 3.63) is 11.9 Å². The predicted molar refractivity (Wildman–Crippen MR) is 43.5 cm³/mol. The van der Waals surface area contributed by atoms with Gasteiger partial charge in [-0.3, -0.25) is 4.79 Å². The predicted octanol–water partition coefficient (Wildman–Crippen LogP) is 2.60. The monoisotopic (exact) mass is 226 g/mol. The number of carbonyl (C=O) groups is 1. The van der Waals surface area contributed by atoms with Gasteiger partial charge < -0.3 is 4.74 Å². The summed E-state index contributed by atoms with van der Waals surface area (Å²) in [4.78, 5) is 10.0. The summed E-state index contributed by atoms with van der Waals surface area (Å²) in [7, 11) is 0. The molecular weight excluding hydrogens is 216 g/mol. The van der Waals surface area contributed by atoms with Crippen molar-refractivity contribution in [3.63, 3.8) is 0 Å². The van der Waals surface area contributed by atoms with Crippen molar-refractivity contribution in [2.45, 2.75) is 26.1 Å². The van der Waals surface area contributed by atoms with E-state index in [1.807, 2.05) is 0 Å². The molecule has 6 heteroatoms. The molecule has 1 rings (SSSR count). The summed E-state index contributed by atoms with van der Waals surface area (Å²) < 4.78 is 52.6. The minimum absolute atomic E-state index is 0.158. The molecule has 2 unspecified atom stereocenters. The number of halogens is 4. The van der Waals surface area contributed by atoms with E-state index in [0.29, 0.717) is 6.08 Å². The van der Waals surface area contributed by atoms with Gasteiger partial charge >= 0.3 is 6.18 Å². The number of alkyl halides is 3. The molecule has 1 aliphatic rings. The third-order valence-corrected chi connectivity index (χ3v) is 2.61. The zero-order valence-corrected chi connectivity index (χ0v) is 8.14. The van der Waals surface area contributed by atoms with Gasteiger partial charge in [0.05, 0.1) is 0 Å². The Morgan fingerprint density at radius 2 is 1.93 bits per heavy atom. The van der Waals surface area contributed by atoms with Crippen molar-refractivity contribution < 1.29 is 27.1 Å².